The molecule has 0 radical (unpaired) electrons. The van der Waals surface area contributed by atoms with E-state index in [4.69, 9.17) is 22.3 Å². The van der Waals surface area contributed by atoms with Gasteiger partial charge in [-0.2, -0.15) is 0 Å². The van der Waals surface area contributed by atoms with E-state index < -0.39 is 60.2 Å². The van der Waals surface area contributed by atoms with Gasteiger partial charge in [0.15, 0.2) is 5.96 Å². The number of imidazole rings is 1. The van der Waals surface area contributed by atoms with E-state index in [-0.39, 0.29) is 43.9 Å². The number of rotatable bonds is 17. The van der Waals surface area contributed by atoms with Gasteiger partial charge in [0.2, 0.25) is 17.7 Å². The molecule has 0 saturated heterocycles. The largest absolute Gasteiger partial charge is 0.508 e. The fourth-order valence-electron chi connectivity index (χ4n) is 3.77. The summed E-state index contributed by atoms with van der Waals surface area (Å²) in [6.07, 6.45) is 2.16. The van der Waals surface area contributed by atoms with Crippen LogP contribution in [-0.2, 0) is 36.8 Å². The number of aromatic hydroxyl groups is 1. The standard InChI is InChI=1S/C25H35N9O8/c26-16(9-14-11-29-12-31-14)21(38)33-18(8-13-3-5-15(35)6-4-13)23(40)32-17(2-1-7-30-25(27)28)22(39)34-19(24(41)42)10-20(36)37/h3-6,11-12,16-19,35H,1-2,7-10,26H2,(H,29,31)(H,32,40)(H,33,38)(H,34,39)(H,36,37)(H,41,42)(H4,27,28,30). The van der Waals surface area contributed by atoms with Crippen LogP contribution in [0.15, 0.2) is 41.8 Å². The van der Waals surface area contributed by atoms with E-state index in [2.05, 4.69) is 30.9 Å². The number of aromatic nitrogens is 2. The van der Waals surface area contributed by atoms with E-state index >= 15 is 0 Å². The molecule has 0 saturated carbocycles. The molecule has 228 valence electrons. The molecule has 13 N–H and O–H groups in total. The number of carboxylic acids is 2. The van der Waals surface area contributed by atoms with Gasteiger partial charge in [0.05, 0.1) is 18.8 Å². The summed E-state index contributed by atoms with van der Waals surface area (Å²) in [5.74, 6) is -5.71. The van der Waals surface area contributed by atoms with Crippen molar-refractivity contribution in [2.45, 2.75) is 56.3 Å². The number of aliphatic imine (C=N–C) groups is 1. The van der Waals surface area contributed by atoms with Crippen molar-refractivity contribution in [3.63, 3.8) is 0 Å². The first-order valence-electron chi connectivity index (χ1n) is 12.8. The van der Waals surface area contributed by atoms with Gasteiger partial charge in [0, 0.05) is 31.3 Å². The van der Waals surface area contributed by atoms with Gasteiger partial charge >= 0.3 is 11.9 Å². The van der Waals surface area contributed by atoms with Gasteiger partial charge < -0.3 is 53.5 Å². The number of nitrogens with zero attached hydrogens (tertiary/aromatic N) is 2. The second kappa shape index (κ2) is 16.2. The fourth-order valence-corrected chi connectivity index (χ4v) is 3.77. The SMILES string of the molecule is NC(N)=NCCCC(NC(=O)C(Cc1ccc(O)cc1)NC(=O)C(N)Cc1cnc[nH]1)C(=O)NC(CC(=O)O)C(=O)O. The maximum atomic E-state index is 13.5. The molecule has 1 aromatic heterocycles. The second-order valence-corrected chi connectivity index (χ2v) is 9.33. The number of carbonyl (C=O) groups excluding carboxylic acids is 3. The number of hydrogen-bond acceptors (Lipinski definition) is 9. The molecule has 1 heterocycles. The quantitative estimate of drug-likeness (QED) is 0.0512. The number of carbonyl (C=O) groups is 5. The van der Waals surface area contributed by atoms with Crippen LogP contribution in [0.25, 0.3) is 0 Å². The van der Waals surface area contributed by atoms with Crippen molar-refractivity contribution in [3.05, 3.63) is 48.0 Å². The van der Waals surface area contributed by atoms with Crippen LogP contribution in [0.3, 0.4) is 0 Å². The maximum Gasteiger partial charge on any atom is 0.326 e. The molecule has 1 aromatic carbocycles. The van der Waals surface area contributed by atoms with Gasteiger partial charge in [0.25, 0.3) is 0 Å². The zero-order chi connectivity index (χ0) is 31.2. The van der Waals surface area contributed by atoms with E-state index in [0.29, 0.717) is 11.3 Å². The molecule has 17 nitrogen and oxygen atoms in total. The van der Waals surface area contributed by atoms with Crippen LogP contribution in [0.5, 0.6) is 5.75 Å². The number of benzene rings is 1. The molecule has 4 atom stereocenters. The summed E-state index contributed by atoms with van der Waals surface area (Å²) < 4.78 is 0. The third-order valence-electron chi connectivity index (χ3n) is 5.91. The smallest absolute Gasteiger partial charge is 0.326 e. The zero-order valence-corrected chi connectivity index (χ0v) is 22.5. The summed E-state index contributed by atoms with van der Waals surface area (Å²) in [7, 11) is 0. The zero-order valence-electron chi connectivity index (χ0n) is 22.5. The average Bonchev–Trinajstić information content (AvgIpc) is 3.43. The molecule has 42 heavy (non-hydrogen) atoms. The van der Waals surface area contributed by atoms with Crippen LogP contribution in [0.4, 0.5) is 0 Å². The first kappa shape index (κ1) is 33.0. The summed E-state index contributed by atoms with van der Waals surface area (Å²) in [5.41, 5.74) is 17.8. The number of hydrogen-bond donors (Lipinski definition) is 10. The van der Waals surface area contributed by atoms with E-state index in [1.165, 1.54) is 36.8 Å². The van der Waals surface area contributed by atoms with Crippen LogP contribution in [0.1, 0.15) is 30.5 Å². The lowest BCUT2D eigenvalue weighted by molar-refractivity contribution is -0.147. The average molecular weight is 590 g/mol. The highest BCUT2D eigenvalue weighted by molar-refractivity contribution is 5.94. The molecule has 0 fully saturated rings. The summed E-state index contributed by atoms with van der Waals surface area (Å²) >= 11 is 0. The third kappa shape index (κ3) is 11.5. The maximum absolute atomic E-state index is 13.5. The number of phenolic OH excluding ortho intramolecular Hbond substituents is 1. The van der Waals surface area contributed by atoms with Crippen molar-refractivity contribution in [2.75, 3.05) is 6.54 Å². The molecule has 3 amide bonds. The Morgan fingerprint density at radius 3 is 2.10 bits per heavy atom. The van der Waals surface area contributed by atoms with Crippen LogP contribution in [-0.4, -0.2) is 91.6 Å². The van der Waals surface area contributed by atoms with Gasteiger partial charge in [-0.1, -0.05) is 12.1 Å². The number of phenols is 1. The van der Waals surface area contributed by atoms with Crippen molar-refractivity contribution >= 4 is 35.6 Å². The van der Waals surface area contributed by atoms with E-state index in [9.17, 15) is 34.2 Å². The number of nitrogens with one attached hydrogen (secondary N) is 4. The minimum absolute atomic E-state index is 0.0165. The minimum atomic E-state index is -1.76. The Kier molecular flexibility index (Phi) is 12.7. The van der Waals surface area contributed by atoms with E-state index in [0.717, 1.165) is 0 Å². The van der Waals surface area contributed by atoms with Crippen molar-refractivity contribution in [2.24, 2.45) is 22.2 Å². The van der Waals surface area contributed by atoms with Gasteiger partial charge in [-0.15, -0.1) is 0 Å². The fraction of sp³-hybridized carbons (Fsp3) is 0.400. The molecule has 4 unspecified atom stereocenters. The molecule has 0 bridgehead atoms. The van der Waals surface area contributed by atoms with Gasteiger partial charge in [0.1, 0.15) is 23.9 Å². The first-order chi connectivity index (χ1) is 19.8. The predicted molar refractivity (Wildman–Crippen MR) is 148 cm³/mol. The molecular formula is C25H35N9O8. The molecule has 0 aliphatic heterocycles. The van der Waals surface area contributed by atoms with Gasteiger partial charge in [-0.05, 0) is 30.5 Å². The summed E-state index contributed by atoms with van der Waals surface area (Å²) in [4.78, 5) is 72.4. The molecule has 2 rings (SSSR count). The van der Waals surface area contributed by atoms with Crippen LogP contribution >= 0.6 is 0 Å². The molecule has 0 spiro atoms. The molecule has 0 aliphatic rings. The number of H-pyrrole nitrogens is 1. The number of guanidine groups is 1. The van der Waals surface area contributed by atoms with Crippen molar-refractivity contribution < 1.29 is 39.3 Å². The molecular weight excluding hydrogens is 554 g/mol. The molecule has 0 aliphatic carbocycles. The number of aliphatic carboxylic acids is 2. The van der Waals surface area contributed by atoms with Crippen LogP contribution in [0.2, 0.25) is 0 Å². The van der Waals surface area contributed by atoms with Gasteiger partial charge in [-0.3, -0.25) is 24.2 Å². The Balaban J connectivity index is 2.26. The van der Waals surface area contributed by atoms with Crippen molar-refractivity contribution in [3.8, 4) is 5.75 Å². The number of aromatic amines is 1. The molecule has 17 heteroatoms. The Bertz CT molecular complexity index is 1250. The lowest BCUT2D eigenvalue weighted by Gasteiger charge is -2.25. The summed E-state index contributed by atoms with van der Waals surface area (Å²) in [6, 6.07) is 0.433. The number of amides is 3. The van der Waals surface area contributed by atoms with Crippen molar-refractivity contribution in [1.82, 2.24) is 25.9 Å². The summed E-state index contributed by atoms with van der Waals surface area (Å²) in [6.45, 7) is 0.0790. The highest BCUT2D eigenvalue weighted by Crippen LogP contribution is 2.12. The summed E-state index contributed by atoms with van der Waals surface area (Å²) in [5, 5.41) is 35.1. The Hall–Kier alpha value is -5.19. The van der Waals surface area contributed by atoms with Crippen LogP contribution < -0.4 is 33.2 Å². The Morgan fingerprint density at radius 1 is 0.905 bits per heavy atom. The third-order valence-corrected chi connectivity index (χ3v) is 5.91. The lowest BCUT2D eigenvalue weighted by Crippen LogP contribution is -2.58. The second-order valence-electron chi connectivity index (χ2n) is 9.33. The van der Waals surface area contributed by atoms with Crippen molar-refractivity contribution in [1.29, 1.82) is 0 Å². The first-order valence-corrected chi connectivity index (χ1v) is 12.8. The minimum Gasteiger partial charge on any atom is -0.508 e. The monoisotopic (exact) mass is 589 g/mol. The van der Waals surface area contributed by atoms with Gasteiger partial charge in [-0.25, -0.2) is 9.78 Å². The Labute approximate surface area is 240 Å². The number of nitrogens with two attached hydrogens (primary N) is 3. The highest BCUT2D eigenvalue weighted by atomic mass is 16.4. The van der Waals surface area contributed by atoms with Crippen LogP contribution in [0, 0.1) is 0 Å². The highest BCUT2D eigenvalue weighted by Gasteiger charge is 2.31. The normalized spacial score (nSPS) is 13.5. The topological polar surface area (TPSA) is 301 Å². The lowest BCUT2D eigenvalue weighted by atomic mass is 10.0. The molecule has 2 aromatic rings. The Morgan fingerprint density at radius 2 is 1.52 bits per heavy atom. The predicted octanol–water partition coefficient (Wildman–Crippen LogP) is -2.70. The van der Waals surface area contributed by atoms with E-state index in [1.807, 2.05) is 0 Å². The van der Waals surface area contributed by atoms with E-state index in [1.54, 1.807) is 0 Å². The number of carboxylic acid groups (broad SMARTS) is 2.